The first-order valence-electron chi connectivity index (χ1n) is 14.4. The maximum atomic E-state index is 13.3. The highest BCUT2D eigenvalue weighted by Crippen LogP contribution is 2.62. The second-order valence-corrected chi connectivity index (χ2v) is 13.4. The minimum Gasteiger partial charge on any atom is -0.489 e. The van der Waals surface area contributed by atoms with E-state index in [2.05, 4.69) is 72.0 Å². The number of fused-ring (bicyclic) bond motifs is 7. The van der Waals surface area contributed by atoms with Gasteiger partial charge in [0.15, 0.2) is 0 Å². The van der Waals surface area contributed by atoms with Crippen molar-refractivity contribution in [3.05, 3.63) is 94.5 Å². The number of carbonyl (C=O) groups is 1. The van der Waals surface area contributed by atoms with Crippen molar-refractivity contribution < 1.29 is 14.4 Å². The maximum Gasteiger partial charge on any atom is 0.435 e. The highest BCUT2D eigenvalue weighted by atomic mass is 127. The highest BCUT2D eigenvalue weighted by Gasteiger charge is 2.63. The van der Waals surface area contributed by atoms with Crippen LogP contribution in [-0.4, -0.2) is 27.8 Å². The quantitative estimate of drug-likeness (QED) is 0.202. The summed E-state index contributed by atoms with van der Waals surface area (Å²) in [7, 11) is 0. The second kappa shape index (κ2) is 10.5. The molecule has 0 N–H and O–H groups in total. The van der Waals surface area contributed by atoms with Crippen molar-refractivity contribution >= 4 is 46.0 Å². The van der Waals surface area contributed by atoms with Crippen molar-refractivity contribution in [3.63, 3.8) is 0 Å². The van der Waals surface area contributed by atoms with Gasteiger partial charge in [-0.2, -0.15) is 0 Å². The van der Waals surface area contributed by atoms with Crippen LogP contribution in [0.5, 0.6) is 5.75 Å². The zero-order valence-corrected chi connectivity index (χ0v) is 25.6. The summed E-state index contributed by atoms with van der Waals surface area (Å²) in [6.45, 7) is 3.00. The van der Waals surface area contributed by atoms with Crippen LogP contribution in [0.3, 0.4) is 0 Å². The van der Waals surface area contributed by atoms with E-state index in [-0.39, 0.29) is 23.7 Å². The number of amides is 1. The third kappa shape index (κ3) is 4.42. The number of alkyl halides is 1. The summed E-state index contributed by atoms with van der Waals surface area (Å²) < 4.78 is 7.11. The van der Waals surface area contributed by atoms with E-state index in [9.17, 15) is 4.79 Å². The molecule has 2 saturated heterocycles. The van der Waals surface area contributed by atoms with E-state index >= 15 is 0 Å². The Kier molecular flexibility index (Phi) is 6.99. The van der Waals surface area contributed by atoms with Gasteiger partial charge < -0.3 is 9.57 Å². The lowest BCUT2D eigenvalue weighted by molar-refractivity contribution is -0.205. The van der Waals surface area contributed by atoms with E-state index in [0.29, 0.717) is 29.4 Å². The van der Waals surface area contributed by atoms with Crippen molar-refractivity contribution in [2.75, 3.05) is 9.33 Å². The van der Waals surface area contributed by atoms with E-state index < -0.39 is 0 Å². The third-order valence-corrected chi connectivity index (χ3v) is 11.3. The Hall–Kier alpha value is -2.29. The molecule has 3 aromatic carbocycles. The first-order valence-corrected chi connectivity index (χ1v) is 16.3. The van der Waals surface area contributed by atoms with Crippen LogP contribution in [0.2, 0.25) is 5.02 Å². The van der Waals surface area contributed by atoms with Crippen molar-refractivity contribution in [2.45, 2.75) is 63.8 Å². The molecule has 0 radical (unpaired) electrons. The van der Waals surface area contributed by atoms with Gasteiger partial charge in [0.1, 0.15) is 18.5 Å². The van der Waals surface area contributed by atoms with Crippen molar-refractivity contribution in [1.29, 1.82) is 0 Å². The molecule has 5 nitrogen and oxygen atoms in total. The minimum atomic E-state index is -0.275. The monoisotopic (exact) mass is 668 g/mol. The van der Waals surface area contributed by atoms with Gasteiger partial charge >= 0.3 is 6.09 Å². The van der Waals surface area contributed by atoms with Crippen LogP contribution in [0, 0.1) is 17.3 Å². The predicted molar refractivity (Wildman–Crippen MR) is 166 cm³/mol. The van der Waals surface area contributed by atoms with Gasteiger partial charge in [0.05, 0.1) is 6.04 Å². The summed E-state index contributed by atoms with van der Waals surface area (Å²) in [5.41, 5.74) is 4.93. The van der Waals surface area contributed by atoms with E-state index in [0.717, 1.165) is 41.5 Å². The number of hydrogen-bond acceptors (Lipinski definition) is 4. The summed E-state index contributed by atoms with van der Waals surface area (Å²) >= 11 is 8.66. The van der Waals surface area contributed by atoms with Crippen LogP contribution in [0.15, 0.2) is 72.8 Å². The van der Waals surface area contributed by atoms with Crippen molar-refractivity contribution in [2.24, 2.45) is 17.3 Å². The second-order valence-electron chi connectivity index (χ2n) is 12.1. The molecule has 3 aromatic rings. The largest absolute Gasteiger partial charge is 0.489 e. The summed E-state index contributed by atoms with van der Waals surface area (Å²) in [5.74, 6) is 2.62. The number of benzene rings is 3. The molecule has 7 rings (SSSR count). The van der Waals surface area contributed by atoms with Gasteiger partial charge in [0.25, 0.3) is 0 Å². The van der Waals surface area contributed by atoms with Crippen LogP contribution < -0.4 is 9.64 Å². The molecule has 3 fully saturated rings. The zero-order valence-electron chi connectivity index (χ0n) is 22.6. The number of ether oxygens (including phenoxy) is 1. The van der Waals surface area contributed by atoms with Crippen LogP contribution >= 0.6 is 34.2 Å². The Morgan fingerprint density at radius 1 is 1.07 bits per heavy atom. The zero-order chi connectivity index (χ0) is 27.4. The molecule has 4 aliphatic rings. The number of halogens is 2. The van der Waals surface area contributed by atoms with Gasteiger partial charge in [0, 0.05) is 20.6 Å². The lowest BCUT2D eigenvalue weighted by Gasteiger charge is -2.59. The minimum absolute atomic E-state index is 0.0640. The fourth-order valence-electron chi connectivity index (χ4n) is 8.14. The van der Waals surface area contributed by atoms with Crippen LogP contribution in [0.25, 0.3) is 0 Å². The van der Waals surface area contributed by atoms with Crippen LogP contribution in [-0.2, 0) is 17.9 Å². The van der Waals surface area contributed by atoms with E-state index in [1.165, 1.54) is 23.1 Å². The fraction of sp³-hybridized carbons (Fsp3) is 0.424. The smallest absolute Gasteiger partial charge is 0.435 e. The van der Waals surface area contributed by atoms with Gasteiger partial charge in [-0.3, -0.25) is 4.90 Å². The molecule has 0 spiro atoms. The van der Waals surface area contributed by atoms with E-state index in [1.807, 2.05) is 40.3 Å². The van der Waals surface area contributed by atoms with Crippen LogP contribution in [0.1, 0.15) is 55.2 Å². The standard InChI is InChI=1S/C33H34ClIN2O3/c1-33-16-15-28-27-14-12-26(39-20-21-5-3-2-4-6-21)17-22(27)7-13-29(28)30(33)18-25(19-35)37-31(33)36(32(38)40-37)24-10-8-23(34)9-11-24/h2-6,8-12,14,17,25,28-31H,7,13,15-16,18-20H2,1H3/t25-,28-,29-,30+,31-,33+/m1/s1. The molecule has 7 heteroatoms. The Bertz CT molecular complexity index is 1400. The third-order valence-electron chi connectivity index (χ3n) is 10.0. The van der Waals surface area contributed by atoms with Gasteiger partial charge in [-0.05, 0) is 103 Å². The number of rotatable bonds is 5. The molecule has 40 heavy (non-hydrogen) atoms. The number of aryl methyl sites for hydroxylation is 1. The molecule has 2 aliphatic heterocycles. The lowest BCUT2D eigenvalue weighted by atomic mass is 9.51. The van der Waals surface area contributed by atoms with Gasteiger partial charge in [0.2, 0.25) is 0 Å². The molecule has 0 unspecified atom stereocenters. The Morgan fingerprint density at radius 3 is 2.65 bits per heavy atom. The van der Waals surface area contributed by atoms with Gasteiger partial charge in [-0.25, -0.2) is 4.79 Å². The Labute approximate surface area is 254 Å². The average molecular weight is 669 g/mol. The SMILES string of the molecule is C[C@]12CC[C@@H]3c4ccc(OCc5ccccc5)cc4CC[C@H]3[C@@H]1C[C@H](CI)N1OC(=O)N(c3ccc(Cl)cc3)[C@H]12. The fourth-order valence-corrected chi connectivity index (χ4v) is 9.01. The number of piperidine rings is 1. The molecular weight excluding hydrogens is 635 g/mol. The number of carbonyl (C=O) groups excluding carboxylic acids is 1. The molecule has 1 saturated carbocycles. The van der Waals surface area contributed by atoms with Gasteiger partial charge in [-0.15, -0.1) is 5.06 Å². The summed E-state index contributed by atoms with van der Waals surface area (Å²) in [6.07, 6.45) is 5.10. The Balaban J connectivity index is 1.17. The molecule has 0 aromatic heterocycles. The molecule has 0 bridgehead atoms. The van der Waals surface area contributed by atoms with Crippen LogP contribution in [0.4, 0.5) is 10.5 Å². The molecule has 2 heterocycles. The van der Waals surface area contributed by atoms with Crippen molar-refractivity contribution in [1.82, 2.24) is 5.06 Å². The molecule has 1 amide bonds. The summed E-state index contributed by atoms with van der Waals surface area (Å²) in [6, 6.07) is 24.9. The normalized spacial score (nSPS) is 31.0. The highest BCUT2D eigenvalue weighted by molar-refractivity contribution is 14.1. The maximum absolute atomic E-state index is 13.3. The summed E-state index contributed by atoms with van der Waals surface area (Å²) in [5, 5.41) is 2.70. The average Bonchev–Trinajstić information content (AvgIpc) is 3.34. The molecule has 208 valence electrons. The van der Waals surface area contributed by atoms with E-state index in [4.69, 9.17) is 21.2 Å². The van der Waals surface area contributed by atoms with E-state index in [1.54, 1.807) is 0 Å². The molecule has 2 aliphatic carbocycles. The molecule has 6 atom stereocenters. The number of nitrogens with zero attached hydrogens (tertiary/aromatic N) is 2. The lowest BCUT2D eigenvalue weighted by Crippen LogP contribution is -2.64. The summed E-state index contributed by atoms with van der Waals surface area (Å²) in [4.78, 5) is 21.2. The van der Waals surface area contributed by atoms with Gasteiger partial charge in [-0.1, -0.05) is 77.5 Å². The number of hydroxylamine groups is 2. The number of hydrogen-bond donors (Lipinski definition) is 0. The van der Waals surface area contributed by atoms with Crippen molar-refractivity contribution in [3.8, 4) is 5.75 Å². The first kappa shape index (κ1) is 26.6. The Morgan fingerprint density at radius 2 is 1.88 bits per heavy atom. The molecular formula is C33H34ClIN2O3. The number of anilines is 1. The first-order chi connectivity index (χ1) is 19.5. The predicted octanol–water partition coefficient (Wildman–Crippen LogP) is 8.39. The topological polar surface area (TPSA) is 42.0 Å².